The van der Waals surface area contributed by atoms with Gasteiger partial charge in [0.25, 0.3) is 5.91 Å². The Kier molecular flexibility index (Phi) is 2.61. The summed E-state index contributed by atoms with van der Waals surface area (Å²) in [5, 5.41) is 3.66. The third-order valence-corrected chi connectivity index (χ3v) is 2.82. The fraction of sp³-hybridized carbons (Fsp3) is 0.333. The van der Waals surface area contributed by atoms with Gasteiger partial charge in [-0.2, -0.15) is 0 Å². The lowest BCUT2D eigenvalue weighted by Crippen LogP contribution is -2.36. The van der Waals surface area contributed by atoms with Crippen molar-refractivity contribution in [2.45, 2.75) is 25.4 Å². The summed E-state index contributed by atoms with van der Waals surface area (Å²) >= 11 is 0. The summed E-state index contributed by atoms with van der Waals surface area (Å²) < 4.78 is 13.8. The number of carbonyl (C=O) groups is 1. The molecule has 0 saturated heterocycles. The van der Waals surface area contributed by atoms with Crippen LogP contribution in [0.3, 0.4) is 0 Å². The first-order chi connectivity index (χ1) is 7.93. The van der Waals surface area contributed by atoms with Gasteiger partial charge in [-0.25, -0.2) is 4.39 Å². The van der Waals surface area contributed by atoms with Crippen LogP contribution >= 0.6 is 0 Å². The van der Waals surface area contributed by atoms with Gasteiger partial charge < -0.3 is 10.6 Å². The number of primary amides is 1. The largest absolute Gasteiger partial charge is 0.388 e. The molecular weight excluding hydrogens is 223 g/mol. The summed E-state index contributed by atoms with van der Waals surface area (Å²) in [7, 11) is 0. The molecule has 2 N–H and O–H groups in total. The highest BCUT2D eigenvalue weighted by molar-refractivity contribution is 6.40. The van der Waals surface area contributed by atoms with Crippen molar-refractivity contribution in [3.63, 3.8) is 0 Å². The Morgan fingerprint density at radius 3 is 2.71 bits per heavy atom. The lowest BCUT2D eigenvalue weighted by molar-refractivity contribution is -0.112. The monoisotopic (exact) mass is 236 g/mol. The number of hydrogen-bond donors (Lipinski definition) is 1. The van der Waals surface area contributed by atoms with Gasteiger partial charge in [0.15, 0.2) is 5.71 Å². The van der Waals surface area contributed by atoms with E-state index in [-0.39, 0.29) is 5.71 Å². The Morgan fingerprint density at radius 2 is 2.12 bits per heavy atom. The maximum atomic E-state index is 13.8. The summed E-state index contributed by atoms with van der Waals surface area (Å²) in [6.45, 7) is 3.48. The zero-order valence-electron chi connectivity index (χ0n) is 9.61. The molecule has 1 atom stereocenters. The van der Waals surface area contributed by atoms with E-state index in [0.717, 1.165) is 0 Å². The van der Waals surface area contributed by atoms with Crippen LogP contribution in [0.4, 0.5) is 4.39 Å². The second-order valence-electron chi connectivity index (χ2n) is 4.49. The van der Waals surface area contributed by atoms with E-state index in [0.29, 0.717) is 5.56 Å². The third kappa shape index (κ3) is 1.88. The van der Waals surface area contributed by atoms with Crippen LogP contribution in [-0.4, -0.2) is 17.2 Å². The standard InChI is InChI=1S/C12H13FN2O2/c1-12(2)9(10(11(14)16)15-17-12)7-5-3-4-6-8(7)13/h3-6,9H,1-2H3,(H2,14,16). The fourth-order valence-corrected chi connectivity index (χ4v) is 2.02. The number of nitrogens with two attached hydrogens (primary N) is 1. The Hall–Kier alpha value is -1.91. The van der Waals surface area contributed by atoms with Gasteiger partial charge in [0.1, 0.15) is 11.4 Å². The molecule has 0 radical (unpaired) electrons. The molecule has 17 heavy (non-hydrogen) atoms. The second kappa shape index (κ2) is 3.84. The van der Waals surface area contributed by atoms with E-state index in [2.05, 4.69) is 5.16 Å². The Balaban J connectivity index is 2.51. The first kappa shape index (κ1) is 11.6. The van der Waals surface area contributed by atoms with Gasteiger partial charge in [-0.3, -0.25) is 4.79 Å². The van der Waals surface area contributed by atoms with Crippen molar-refractivity contribution in [1.82, 2.24) is 0 Å². The number of amides is 1. The average Bonchev–Trinajstić information content (AvgIpc) is 2.55. The highest BCUT2D eigenvalue weighted by Crippen LogP contribution is 2.38. The minimum absolute atomic E-state index is 0.0556. The minimum Gasteiger partial charge on any atom is -0.388 e. The lowest BCUT2D eigenvalue weighted by Gasteiger charge is -2.25. The first-order valence-corrected chi connectivity index (χ1v) is 5.24. The van der Waals surface area contributed by atoms with Crippen molar-refractivity contribution in [3.8, 4) is 0 Å². The molecular formula is C12H13FN2O2. The van der Waals surface area contributed by atoms with E-state index in [1.807, 2.05) is 0 Å². The highest BCUT2D eigenvalue weighted by Gasteiger charge is 2.45. The molecule has 1 aromatic rings. The predicted molar refractivity (Wildman–Crippen MR) is 60.9 cm³/mol. The SMILES string of the molecule is CC1(C)ON=C(C(N)=O)C1c1ccccc1F. The normalized spacial score (nSPS) is 21.8. The van der Waals surface area contributed by atoms with Gasteiger partial charge in [-0.05, 0) is 19.9 Å². The van der Waals surface area contributed by atoms with Gasteiger partial charge in [0.2, 0.25) is 0 Å². The molecule has 0 bridgehead atoms. The highest BCUT2D eigenvalue weighted by atomic mass is 19.1. The lowest BCUT2D eigenvalue weighted by atomic mass is 9.81. The summed E-state index contributed by atoms with van der Waals surface area (Å²) in [5.41, 5.74) is 4.86. The predicted octanol–water partition coefficient (Wildman–Crippen LogP) is 1.56. The number of rotatable bonds is 2. The number of carbonyl (C=O) groups excluding carboxylic acids is 1. The molecule has 1 aromatic carbocycles. The van der Waals surface area contributed by atoms with Crippen LogP contribution in [0.2, 0.25) is 0 Å². The Labute approximate surface area is 98.2 Å². The van der Waals surface area contributed by atoms with Gasteiger partial charge in [-0.15, -0.1) is 0 Å². The number of nitrogens with zero attached hydrogens (tertiary/aromatic N) is 1. The van der Waals surface area contributed by atoms with E-state index in [9.17, 15) is 9.18 Å². The van der Waals surface area contributed by atoms with Crippen molar-refractivity contribution in [3.05, 3.63) is 35.6 Å². The van der Waals surface area contributed by atoms with Crippen LogP contribution < -0.4 is 5.73 Å². The van der Waals surface area contributed by atoms with Crippen molar-refractivity contribution in [2.24, 2.45) is 10.9 Å². The first-order valence-electron chi connectivity index (χ1n) is 5.24. The second-order valence-corrected chi connectivity index (χ2v) is 4.49. The number of oxime groups is 1. The van der Waals surface area contributed by atoms with Crippen molar-refractivity contribution in [1.29, 1.82) is 0 Å². The molecule has 1 amide bonds. The van der Waals surface area contributed by atoms with E-state index in [1.165, 1.54) is 6.07 Å². The molecule has 0 aliphatic carbocycles. The number of halogens is 1. The van der Waals surface area contributed by atoms with Crippen LogP contribution in [0.5, 0.6) is 0 Å². The van der Waals surface area contributed by atoms with Crippen LogP contribution in [0, 0.1) is 5.82 Å². The Morgan fingerprint density at radius 1 is 1.47 bits per heavy atom. The summed E-state index contributed by atoms with van der Waals surface area (Å²) in [6.07, 6.45) is 0. The molecule has 1 aliphatic rings. The molecule has 0 spiro atoms. The fourth-order valence-electron chi connectivity index (χ4n) is 2.02. The van der Waals surface area contributed by atoms with E-state index in [4.69, 9.17) is 10.6 Å². The van der Waals surface area contributed by atoms with E-state index >= 15 is 0 Å². The van der Waals surface area contributed by atoms with Crippen molar-refractivity contribution < 1.29 is 14.0 Å². The molecule has 1 aliphatic heterocycles. The van der Waals surface area contributed by atoms with Gasteiger partial charge >= 0.3 is 0 Å². The smallest absolute Gasteiger partial charge is 0.267 e. The maximum Gasteiger partial charge on any atom is 0.267 e. The quantitative estimate of drug-likeness (QED) is 0.846. The maximum absolute atomic E-state index is 13.8. The molecule has 4 nitrogen and oxygen atoms in total. The summed E-state index contributed by atoms with van der Waals surface area (Å²) in [5.74, 6) is -1.67. The van der Waals surface area contributed by atoms with Gasteiger partial charge in [0, 0.05) is 5.56 Å². The van der Waals surface area contributed by atoms with Crippen LogP contribution in [0.15, 0.2) is 29.4 Å². The van der Waals surface area contributed by atoms with Crippen molar-refractivity contribution in [2.75, 3.05) is 0 Å². The van der Waals surface area contributed by atoms with Crippen molar-refractivity contribution >= 4 is 11.6 Å². The third-order valence-electron chi connectivity index (χ3n) is 2.82. The summed E-state index contributed by atoms with van der Waals surface area (Å²) in [6, 6.07) is 6.23. The Bertz CT molecular complexity index is 497. The molecule has 1 heterocycles. The van der Waals surface area contributed by atoms with Gasteiger partial charge in [0.05, 0.1) is 5.92 Å². The number of hydrogen-bond acceptors (Lipinski definition) is 3. The van der Waals surface area contributed by atoms with Crippen LogP contribution in [0.25, 0.3) is 0 Å². The zero-order valence-corrected chi connectivity index (χ0v) is 9.61. The molecule has 1 unspecified atom stereocenters. The molecule has 0 saturated carbocycles. The zero-order chi connectivity index (χ0) is 12.6. The minimum atomic E-state index is -0.785. The molecule has 2 rings (SSSR count). The van der Waals surface area contributed by atoms with Crippen LogP contribution in [-0.2, 0) is 9.63 Å². The number of benzene rings is 1. The molecule has 90 valence electrons. The van der Waals surface area contributed by atoms with Crippen LogP contribution in [0.1, 0.15) is 25.3 Å². The van der Waals surface area contributed by atoms with E-state index in [1.54, 1.807) is 32.0 Å². The molecule has 0 fully saturated rings. The topological polar surface area (TPSA) is 64.7 Å². The van der Waals surface area contributed by atoms with E-state index < -0.39 is 23.2 Å². The molecule has 5 heteroatoms. The average molecular weight is 236 g/mol. The summed E-state index contributed by atoms with van der Waals surface area (Å²) in [4.78, 5) is 16.4. The van der Waals surface area contributed by atoms with Gasteiger partial charge in [-0.1, -0.05) is 23.4 Å². The molecule has 0 aromatic heterocycles.